The van der Waals surface area contributed by atoms with Crippen LogP contribution in [0.2, 0.25) is 0 Å². The molecule has 0 saturated carbocycles. The number of H-pyrrole nitrogens is 2. The zero-order chi connectivity index (χ0) is 15.7. The van der Waals surface area contributed by atoms with Crippen molar-refractivity contribution in [3.8, 4) is 0 Å². The lowest BCUT2D eigenvalue weighted by atomic mass is 9.91. The molecule has 0 saturated heterocycles. The summed E-state index contributed by atoms with van der Waals surface area (Å²) in [5.74, 6) is -0.145. The smallest absolute Gasteiger partial charge is 0.323 e. The van der Waals surface area contributed by atoms with E-state index in [1.807, 2.05) is 11.4 Å². The summed E-state index contributed by atoms with van der Waals surface area (Å²) >= 11 is 1.69. The van der Waals surface area contributed by atoms with E-state index >= 15 is 0 Å². The monoisotopic (exact) mass is 315 g/mol. The first-order valence-electron chi connectivity index (χ1n) is 7.00. The van der Waals surface area contributed by atoms with Crippen LogP contribution in [0.3, 0.4) is 0 Å². The number of hydrogen-bond acceptors (Lipinski definition) is 3. The highest BCUT2D eigenvalue weighted by molar-refractivity contribution is 7.10. The van der Waals surface area contributed by atoms with E-state index in [0.29, 0.717) is 23.1 Å². The van der Waals surface area contributed by atoms with Gasteiger partial charge in [-0.25, -0.2) is 4.79 Å². The summed E-state index contributed by atoms with van der Waals surface area (Å²) in [5, 5.41) is 5.00. The Bertz CT molecular complexity index is 859. The van der Waals surface area contributed by atoms with Gasteiger partial charge in [0.2, 0.25) is 0 Å². The predicted molar refractivity (Wildman–Crippen MR) is 88.6 cm³/mol. The minimum atomic E-state index is -0.272. The van der Waals surface area contributed by atoms with Crippen LogP contribution in [0.4, 0.5) is 0 Å². The largest absolute Gasteiger partial charge is 0.351 e. The third-order valence-electron chi connectivity index (χ3n) is 3.66. The Balaban J connectivity index is 1.74. The van der Waals surface area contributed by atoms with E-state index in [4.69, 9.17) is 0 Å². The van der Waals surface area contributed by atoms with Gasteiger partial charge in [-0.1, -0.05) is 19.9 Å². The van der Waals surface area contributed by atoms with Crippen molar-refractivity contribution in [2.75, 3.05) is 6.54 Å². The van der Waals surface area contributed by atoms with E-state index < -0.39 is 0 Å². The number of aromatic amines is 2. The fourth-order valence-electron chi connectivity index (χ4n) is 2.33. The van der Waals surface area contributed by atoms with Crippen molar-refractivity contribution in [2.24, 2.45) is 0 Å². The van der Waals surface area contributed by atoms with E-state index in [1.165, 1.54) is 4.88 Å². The Morgan fingerprint density at radius 3 is 2.73 bits per heavy atom. The number of rotatable bonds is 4. The Labute approximate surface area is 131 Å². The molecular weight excluding hydrogens is 298 g/mol. The van der Waals surface area contributed by atoms with E-state index in [2.05, 4.69) is 35.2 Å². The Morgan fingerprint density at radius 2 is 2.00 bits per heavy atom. The molecule has 3 rings (SSSR count). The molecule has 0 aliphatic carbocycles. The first kappa shape index (κ1) is 14.6. The first-order valence-corrected chi connectivity index (χ1v) is 7.88. The van der Waals surface area contributed by atoms with E-state index in [1.54, 1.807) is 29.5 Å². The molecule has 0 fully saturated rings. The lowest BCUT2D eigenvalue weighted by Crippen LogP contribution is -2.36. The first-order chi connectivity index (χ1) is 10.5. The summed E-state index contributed by atoms with van der Waals surface area (Å²) in [5.41, 5.74) is 1.47. The van der Waals surface area contributed by atoms with E-state index in [-0.39, 0.29) is 17.0 Å². The number of hydrogen-bond donors (Lipinski definition) is 3. The van der Waals surface area contributed by atoms with Gasteiger partial charge in [-0.3, -0.25) is 4.79 Å². The van der Waals surface area contributed by atoms with Crippen LogP contribution in [0.1, 0.15) is 29.1 Å². The molecule has 5 nitrogen and oxygen atoms in total. The molecule has 2 heterocycles. The third-order valence-corrected chi connectivity index (χ3v) is 4.89. The minimum absolute atomic E-state index is 0.115. The number of benzene rings is 1. The standard InChI is InChI=1S/C16H17N3O2S/c1-16(2,13-4-3-7-22-13)9-17-14(20)10-5-6-11-12(8-10)19-15(21)18-11/h3-8H,9H2,1-2H3,(H,17,20)(H2,18,19,21). The number of thiophene rings is 1. The van der Waals surface area contributed by atoms with Gasteiger partial charge in [0.05, 0.1) is 11.0 Å². The maximum atomic E-state index is 12.3. The third kappa shape index (κ3) is 2.82. The number of nitrogens with one attached hydrogen (secondary N) is 3. The SMILES string of the molecule is CC(C)(CNC(=O)c1ccc2[nH]c(=O)[nH]c2c1)c1cccs1. The average molecular weight is 315 g/mol. The highest BCUT2D eigenvalue weighted by Gasteiger charge is 2.22. The molecule has 3 aromatic rings. The maximum absolute atomic E-state index is 12.3. The summed E-state index contributed by atoms with van der Waals surface area (Å²) < 4.78 is 0. The molecular formula is C16H17N3O2S. The van der Waals surface area contributed by atoms with Crippen molar-refractivity contribution in [3.63, 3.8) is 0 Å². The van der Waals surface area contributed by atoms with Gasteiger partial charge in [0, 0.05) is 22.4 Å². The topological polar surface area (TPSA) is 77.8 Å². The second-order valence-corrected chi connectivity index (χ2v) is 6.83. The molecule has 0 atom stereocenters. The van der Waals surface area contributed by atoms with Crippen molar-refractivity contribution in [2.45, 2.75) is 19.3 Å². The molecule has 114 valence electrons. The number of aromatic nitrogens is 2. The van der Waals surface area contributed by atoms with Gasteiger partial charge < -0.3 is 15.3 Å². The van der Waals surface area contributed by atoms with Gasteiger partial charge in [-0.15, -0.1) is 11.3 Å². The molecule has 0 aliphatic rings. The van der Waals surface area contributed by atoms with Crippen LogP contribution in [0.5, 0.6) is 0 Å². The summed E-state index contributed by atoms with van der Waals surface area (Å²) in [6.07, 6.45) is 0. The molecule has 0 spiro atoms. The number of carbonyl (C=O) groups excluding carboxylic acids is 1. The highest BCUT2D eigenvalue weighted by atomic mass is 32.1. The second kappa shape index (κ2) is 5.46. The van der Waals surface area contributed by atoms with Crippen molar-refractivity contribution >= 4 is 28.3 Å². The fraction of sp³-hybridized carbons (Fsp3) is 0.250. The quantitative estimate of drug-likeness (QED) is 0.692. The second-order valence-electron chi connectivity index (χ2n) is 5.88. The van der Waals surface area contributed by atoms with Crippen LogP contribution in [0, 0.1) is 0 Å². The molecule has 1 amide bonds. The van der Waals surface area contributed by atoms with Gasteiger partial charge in [-0.05, 0) is 29.6 Å². The molecule has 1 aromatic carbocycles. The predicted octanol–water partition coefficient (Wildman–Crippen LogP) is 2.63. The van der Waals surface area contributed by atoms with Gasteiger partial charge >= 0.3 is 5.69 Å². The number of fused-ring (bicyclic) bond motifs is 1. The van der Waals surface area contributed by atoms with Gasteiger partial charge in [0.15, 0.2) is 0 Å². The zero-order valence-electron chi connectivity index (χ0n) is 12.4. The molecule has 0 bridgehead atoms. The maximum Gasteiger partial charge on any atom is 0.323 e. The number of carbonyl (C=O) groups is 1. The number of imidazole rings is 1. The van der Waals surface area contributed by atoms with Crippen molar-refractivity contribution in [1.82, 2.24) is 15.3 Å². The molecule has 0 unspecified atom stereocenters. The van der Waals surface area contributed by atoms with Crippen LogP contribution in [-0.4, -0.2) is 22.4 Å². The minimum Gasteiger partial charge on any atom is -0.351 e. The van der Waals surface area contributed by atoms with Crippen molar-refractivity contribution < 1.29 is 4.79 Å². The molecule has 0 aliphatic heterocycles. The molecule has 3 N–H and O–H groups in total. The van der Waals surface area contributed by atoms with Gasteiger partial charge in [0.25, 0.3) is 5.91 Å². The average Bonchev–Trinajstić information content (AvgIpc) is 3.12. The molecule has 0 radical (unpaired) electrons. The van der Waals surface area contributed by atoms with Crippen LogP contribution in [-0.2, 0) is 5.41 Å². The van der Waals surface area contributed by atoms with Crippen molar-refractivity contribution in [1.29, 1.82) is 0 Å². The summed E-state index contributed by atoms with van der Waals surface area (Å²) in [6, 6.07) is 9.21. The van der Waals surface area contributed by atoms with Crippen LogP contribution >= 0.6 is 11.3 Å². The molecule has 2 aromatic heterocycles. The summed E-state index contributed by atoms with van der Waals surface area (Å²) in [6.45, 7) is 4.76. The van der Waals surface area contributed by atoms with E-state index in [0.717, 1.165) is 0 Å². The Morgan fingerprint density at radius 1 is 1.23 bits per heavy atom. The van der Waals surface area contributed by atoms with Crippen LogP contribution in [0.25, 0.3) is 11.0 Å². The Hall–Kier alpha value is -2.34. The van der Waals surface area contributed by atoms with Gasteiger partial charge in [-0.2, -0.15) is 0 Å². The fourth-order valence-corrected chi connectivity index (χ4v) is 3.18. The van der Waals surface area contributed by atoms with Gasteiger partial charge in [0.1, 0.15) is 0 Å². The summed E-state index contributed by atoms with van der Waals surface area (Å²) in [4.78, 5) is 30.1. The zero-order valence-corrected chi connectivity index (χ0v) is 13.2. The molecule has 6 heteroatoms. The molecule has 22 heavy (non-hydrogen) atoms. The lowest BCUT2D eigenvalue weighted by molar-refractivity contribution is 0.0946. The number of amides is 1. The van der Waals surface area contributed by atoms with Crippen LogP contribution < -0.4 is 11.0 Å². The van der Waals surface area contributed by atoms with E-state index in [9.17, 15) is 9.59 Å². The summed E-state index contributed by atoms with van der Waals surface area (Å²) in [7, 11) is 0. The highest BCUT2D eigenvalue weighted by Crippen LogP contribution is 2.26. The lowest BCUT2D eigenvalue weighted by Gasteiger charge is -2.23. The van der Waals surface area contributed by atoms with Crippen LogP contribution in [0.15, 0.2) is 40.5 Å². The Kier molecular flexibility index (Phi) is 3.62. The van der Waals surface area contributed by atoms with Crippen molar-refractivity contribution in [3.05, 3.63) is 56.6 Å². The normalized spacial score (nSPS) is 11.7.